The first kappa shape index (κ1) is 27.5. The monoisotopic (exact) mass is 492 g/mol. The average molecular weight is 493 g/mol. The van der Waals surface area contributed by atoms with E-state index in [9.17, 15) is 9.18 Å². The van der Waals surface area contributed by atoms with E-state index in [0.29, 0.717) is 6.54 Å². The Morgan fingerprint density at radius 2 is 1.75 bits per heavy atom. The number of halogens is 1. The summed E-state index contributed by atoms with van der Waals surface area (Å²) in [4.78, 5) is 19.6. The number of aryl methyl sites for hydroxylation is 1. The van der Waals surface area contributed by atoms with Gasteiger partial charge in [-0.1, -0.05) is 50.3 Å². The lowest BCUT2D eigenvalue weighted by atomic mass is 9.89. The highest BCUT2D eigenvalue weighted by atomic mass is 19.1. The minimum absolute atomic E-state index is 0.0556. The van der Waals surface area contributed by atoms with Gasteiger partial charge in [0.2, 0.25) is 5.91 Å². The fourth-order valence-corrected chi connectivity index (χ4v) is 4.57. The molecule has 0 aromatic heterocycles. The summed E-state index contributed by atoms with van der Waals surface area (Å²) in [6.45, 7) is 16.6. The van der Waals surface area contributed by atoms with E-state index in [-0.39, 0.29) is 24.2 Å². The molecule has 3 rings (SSSR count). The number of carbonyl (C=O) groups excluding carboxylic acids is 1. The Morgan fingerprint density at radius 3 is 2.31 bits per heavy atom. The van der Waals surface area contributed by atoms with Gasteiger partial charge < -0.3 is 20.0 Å². The predicted octanol–water partition coefficient (Wildman–Crippen LogP) is 5.96. The van der Waals surface area contributed by atoms with Crippen LogP contribution < -0.4 is 5.32 Å². The zero-order valence-electron chi connectivity index (χ0n) is 22.9. The summed E-state index contributed by atoms with van der Waals surface area (Å²) in [5, 5.41) is 3.63. The number of amides is 1. The Morgan fingerprint density at radius 1 is 1.14 bits per heavy atom. The molecule has 0 saturated carbocycles. The van der Waals surface area contributed by atoms with E-state index in [1.54, 1.807) is 0 Å². The topological polar surface area (TPSA) is 38.8 Å². The molecule has 5 nitrogen and oxygen atoms in total. The molecule has 1 fully saturated rings. The number of nitrogens with zero attached hydrogens (tertiary/aromatic N) is 3. The number of nitrogens with one attached hydrogen (secondary N) is 1. The zero-order chi connectivity index (χ0) is 26.6. The fraction of sp³-hybridized carbons (Fsp3) is 0.433. The van der Waals surface area contributed by atoms with Gasteiger partial charge in [-0.15, -0.1) is 0 Å². The lowest BCUT2D eigenvalue weighted by molar-refractivity contribution is -0.140. The largest absolute Gasteiger partial charge is 0.341 e. The van der Waals surface area contributed by atoms with Crippen LogP contribution in [0.1, 0.15) is 45.2 Å². The third-order valence-electron chi connectivity index (χ3n) is 7.17. The summed E-state index contributed by atoms with van der Waals surface area (Å²) >= 11 is 0. The molecule has 1 N–H and O–H groups in total. The van der Waals surface area contributed by atoms with Crippen LogP contribution in [0.5, 0.6) is 0 Å². The quantitative estimate of drug-likeness (QED) is 0.469. The first-order valence-electron chi connectivity index (χ1n) is 12.7. The summed E-state index contributed by atoms with van der Waals surface area (Å²) in [5.74, 6) is 0.755. The summed E-state index contributed by atoms with van der Waals surface area (Å²) < 4.78 is 13.9. The minimum atomic E-state index is -0.574. The third-order valence-corrected chi connectivity index (χ3v) is 7.17. The number of anilines is 1. The number of allylic oxidation sites excluding steroid dienone is 1. The molecule has 0 aliphatic carbocycles. The molecule has 1 amide bonds. The van der Waals surface area contributed by atoms with Crippen LogP contribution in [-0.4, -0.2) is 59.9 Å². The Bertz CT molecular complexity index is 1100. The molecule has 2 aromatic rings. The van der Waals surface area contributed by atoms with Crippen LogP contribution >= 0.6 is 0 Å². The van der Waals surface area contributed by atoms with Gasteiger partial charge in [0.1, 0.15) is 18.2 Å². The molecule has 0 radical (unpaired) electrons. The van der Waals surface area contributed by atoms with Gasteiger partial charge in [0, 0.05) is 30.0 Å². The van der Waals surface area contributed by atoms with Crippen LogP contribution in [0.3, 0.4) is 0 Å². The highest BCUT2D eigenvalue weighted by Gasteiger charge is 2.43. The van der Waals surface area contributed by atoms with E-state index in [1.807, 2.05) is 48.2 Å². The molecule has 1 aliphatic heterocycles. The Hall–Kier alpha value is -3.12. The number of benzene rings is 2. The van der Waals surface area contributed by atoms with Crippen molar-refractivity contribution in [3.05, 3.63) is 83.6 Å². The Balaban J connectivity index is 2.16. The van der Waals surface area contributed by atoms with Gasteiger partial charge in [-0.05, 0) is 77.0 Å². The maximum Gasteiger partial charge on any atom is 0.243 e. The molecule has 1 saturated heterocycles. The average Bonchev–Trinajstić information content (AvgIpc) is 2.83. The van der Waals surface area contributed by atoms with Crippen LogP contribution in [0.2, 0.25) is 0 Å². The van der Waals surface area contributed by atoms with Crippen LogP contribution in [0.4, 0.5) is 10.1 Å². The molecule has 0 spiro atoms. The van der Waals surface area contributed by atoms with E-state index in [0.717, 1.165) is 41.3 Å². The second kappa shape index (κ2) is 11.3. The van der Waals surface area contributed by atoms with Crippen molar-refractivity contribution in [3.63, 3.8) is 0 Å². The molecule has 1 aliphatic rings. The predicted molar refractivity (Wildman–Crippen MR) is 148 cm³/mol. The first-order chi connectivity index (χ1) is 16.9. The van der Waals surface area contributed by atoms with Gasteiger partial charge in [-0.2, -0.15) is 0 Å². The van der Waals surface area contributed by atoms with Gasteiger partial charge in [-0.3, -0.25) is 4.79 Å². The molecule has 1 atom stereocenters. The number of hydrogen-bond donors (Lipinski definition) is 1. The smallest absolute Gasteiger partial charge is 0.243 e. The Labute approximate surface area is 216 Å². The molecule has 194 valence electrons. The number of piperazine rings is 1. The minimum Gasteiger partial charge on any atom is -0.341 e. The Kier molecular flexibility index (Phi) is 8.62. The van der Waals surface area contributed by atoms with E-state index in [4.69, 9.17) is 0 Å². The summed E-state index contributed by atoms with van der Waals surface area (Å²) in [6, 6.07) is 14.8. The molecular weight excluding hydrogens is 451 g/mol. The second-order valence-electron chi connectivity index (χ2n) is 10.5. The number of carbonyl (C=O) groups is 1. The normalized spacial score (nSPS) is 17.4. The van der Waals surface area contributed by atoms with Crippen molar-refractivity contribution < 1.29 is 9.18 Å². The SMILES string of the molecule is C=C1N(/C(Nc2ccc(C)cc2)=C(/c2ccc(F)cc2)C(C)CC)CC(=O)N(CCN(C)C)C1(C)C. The second-order valence-corrected chi connectivity index (χ2v) is 10.5. The van der Waals surface area contributed by atoms with E-state index in [1.165, 1.54) is 17.7 Å². The molecular formula is C30H41FN4O. The van der Waals surface area contributed by atoms with Gasteiger partial charge >= 0.3 is 0 Å². The maximum atomic E-state index is 13.9. The highest BCUT2D eigenvalue weighted by Crippen LogP contribution is 2.38. The molecule has 6 heteroatoms. The summed E-state index contributed by atoms with van der Waals surface area (Å²) in [6.07, 6.45) is 0.887. The van der Waals surface area contributed by atoms with Crippen molar-refractivity contribution >= 4 is 17.2 Å². The van der Waals surface area contributed by atoms with Gasteiger partial charge in [0.15, 0.2) is 0 Å². The summed E-state index contributed by atoms with van der Waals surface area (Å²) in [7, 11) is 4.02. The van der Waals surface area contributed by atoms with E-state index in [2.05, 4.69) is 63.5 Å². The van der Waals surface area contributed by atoms with Crippen molar-refractivity contribution in [2.75, 3.05) is 39.0 Å². The van der Waals surface area contributed by atoms with Crippen molar-refractivity contribution in [3.8, 4) is 0 Å². The maximum absolute atomic E-state index is 13.9. The standard InChI is InChI=1S/C30H41FN4O/c1-9-22(3)28(24-12-14-25(31)15-13-24)29(32-26-16-10-21(2)11-17-26)34-20-27(36)35(19-18-33(7)8)30(5,6)23(34)4/h10-17,22,32H,4,9,18-20H2,1-3,5-8H3/b29-28+. The lowest BCUT2D eigenvalue weighted by Gasteiger charge is -2.50. The number of likely N-dealkylation sites (N-methyl/N-ethyl adjacent to an activating group) is 1. The van der Waals surface area contributed by atoms with E-state index >= 15 is 0 Å². The first-order valence-corrected chi connectivity index (χ1v) is 12.7. The van der Waals surface area contributed by atoms with Crippen molar-refractivity contribution in [2.45, 2.75) is 46.6 Å². The highest BCUT2D eigenvalue weighted by molar-refractivity contribution is 5.83. The third kappa shape index (κ3) is 5.98. The van der Waals surface area contributed by atoms with E-state index < -0.39 is 5.54 Å². The van der Waals surface area contributed by atoms with Gasteiger partial charge in [0.05, 0.1) is 5.54 Å². The van der Waals surface area contributed by atoms with Crippen LogP contribution in [0, 0.1) is 18.7 Å². The van der Waals surface area contributed by atoms with Crippen LogP contribution in [-0.2, 0) is 4.79 Å². The number of rotatable bonds is 9. The molecule has 1 heterocycles. The van der Waals surface area contributed by atoms with Crippen molar-refractivity contribution in [2.24, 2.45) is 5.92 Å². The fourth-order valence-electron chi connectivity index (χ4n) is 4.57. The van der Waals surface area contributed by atoms with Gasteiger partial charge in [-0.25, -0.2) is 4.39 Å². The zero-order valence-corrected chi connectivity index (χ0v) is 22.9. The molecule has 2 aromatic carbocycles. The lowest BCUT2D eigenvalue weighted by Crippen LogP contribution is -2.61. The van der Waals surface area contributed by atoms with Crippen LogP contribution in [0.15, 0.2) is 66.6 Å². The molecule has 0 bridgehead atoms. The summed E-state index contributed by atoms with van der Waals surface area (Å²) in [5.41, 5.74) is 4.32. The van der Waals surface area contributed by atoms with Gasteiger partial charge in [0.25, 0.3) is 0 Å². The van der Waals surface area contributed by atoms with Crippen molar-refractivity contribution in [1.29, 1.82) is 0 Å². The van der Waals surface area contributed by atoms with Crippen molar-refractivity contribution in [1.82, 2.24) is 14.7 Å². The van der Waals surface area contributed by atoms with Crippen LogP contribution in [0.25, 0.3) is 5.57 Å². The number of hydrogen-bond acceptors (Lipinski definition) is 4. The molecule has 1 unspecified atom stereocenters. The molecule has 36 heavy (non-hydrogen) atoms.